The largest absolute Gasteiger partial charge is 0.486 e. The van der Waals surface area contributed by atoms with Crippen molar-refractivity contribution in [2.45, 2.75) is 102 Å². The van der Waals surface area contributed by atoms with Gasteiger partial charge in [-0.15, -0.1) is 0 Å². The summed E-state index contributed by atoms with van der Waals surface area (Å²) in [5.41, 5.74) is -4.72. The van der Waals surface area contributed by atoms with Crippen LogP contribution in [0, 0.1) is 17.3 Å². The molecule has 2 saturated carbocycles. The molecular formula is C24H35F9O4. The van der Waals surface area contributed by atoms with Gasteiger partial charge in [0.15, 0.2) is 5.76 Å². The molecule has 2 fully saturated rings. The number of hydrogen-bond donors (Lipinski definition) is 0. The molecule has 0 aromatic heterocycles. The lowest BCUT2D eigenvalue weighted by Gasteiger charge is -2.47. The Bertz CT molecular complexity index is 716. The molecule has 0 bridgehead atoms. The average Bonchev–Trinajstić information content (AvgIpc) is 2.77. The predicted octanol–water partition coefficient (Wildman–Crippen LogP) is 7.72. The number of halogens is 9. The van der Waals surface area contributed by atoms with E-state index in [0.717, 1.165) is 7.11 Å². The van der Waals surface area contributed by atoms with Crippen LogP contribution < -0.4 is 0 Å². The van der Waals surface area contributed by atoms with Crippen LogP contribution >= 0.6 is 0 Å². The Kier molecular flexibility index (Phi) is 10.3. The van der Waals surface area contributed by atoms with Gasteiger partial charge in [0, 0.05) is 7.11 Å². The molecule has 2 rings (SSSR count). The monoisotopic (exact) mass is 558 g/mol. The van der Waals surface area contributed by atoms with Gasteiger partial charge in [0.25, 0.3) is 5.60 Å². The molecule has 2 aliphatic carbocycles. The lowest BCUT2D eigenvalue weighted by molar-refractivity contribution is -0.403. The Morgan fingerprint density at radius 1 is 0.730 bits per heavy atom. The molecule has 218 valence electrons. The summed E-state index contributed by atoms with van der Waals surface area (Å²) in [6.07, 6.45) is -13.6. The van der Waals surface area contributed by atoms with Crippen LogP contribution in [0.15, 0.2) is 12.3 Å². The van der Waals surface area contributed by atoms with Crippen molar-refractivity contribution in [2.75, 3.05) is 20.5 Å². The van der Waals surface area contributed by atoms with Crippen molar-refractivity contribution in [1.29, 1.82) is 0 Å². The first-order valence-electron chi connectivity index (χ1n) is 12.2. The van der Waals surface area contributed by atoms with Crippen molar-refractivity contribution in [3.63, 3.8) is 0 Å². The predicted molar refractivity (Wildman–Crippen MR) is 115 cm³/mol. The first-order chi connectivity index (χ1) is 16.8. The van der Waals surface area contributed by atoms with Crippen LogP contribution in [0.4, 0.5) is 39.5 Å². The highest BCUT2D eigenvalue weighted by molar-refractivity contribution is 4.98. The average molecular weight is 559 g/mol. The number of methoxy groups -OCH3 is 1. The van der Waals surface area contributed by atoms with E-state index in [9.17, 15) is 39.5 Å². The van der Waals surface area contributed by atoms with E-state index in [0.29, 0.717) is 38.5 Å². The molecule has 0 aromatic rings. The summed E-state index contributed by atoms with van der Waals surface area (Å²) in [6, 6.07) is 0. The normalized spacial score (nSPS) is 26.7. The lowest BCUT2D eigenvalue weighted by Crippen LogP contribution is -2.62. The second-order valence-electron chi connectivity index (χ2n) is 10.5. The van der Waals surface area contributed by atoms with Crippen LogP contribution in [0.1, 0.15) is 65.2 Å². The zero-order valence-corrected chi connectivity index (χ0v) is 21.1. The summed E-state index contributed by atoms with van der Waals surface area (Å²) in [6.45, 7) is 4.11. The van der Waals surface area contributed by atoms with Crippen molar-refractivity contribution < 1.29 is 58.5 Å². The summed E-state index contributed by atoms with van der Waals surface area (Å²) in [5.74, 6) is -0.875. The fourth-order valence-corrected chi connectivity index (χ4v) is 5.42. The highest BCUT2D eigenvalue weighted by Crippen LogP contribution is 2.50. The first kappa shape index (κ1) is 32.0. The third-order valence-electron chi connectivity index (χ3n) is 7.94. The van der Waals surface area contributed by atoms with E-state index in [1.54, 1.807) is 0 Å². The third kappa shape index (κ3) is 7.68. The fourth-order valence-electron chi connectivity index (χ4n) is 5.42. The van der Waals surface area contributed by atoms with Crippen molar-refractivity contribution in [2.24, 2.45) is 17.3 Å². The van der Waals surface area contributed by atoms with E-state index in [1.165, 1.54) is 0 Å². The Balaban J connectivity index is 1.92. The molecule has 0 saturated heterocycles. The molecule has 0 aliphatic heterocycles. The Hall–Kier alpha value is -1.21. The van der Waals surface area contributed by atoms with Crippen LogP contribution in [0.2, 0.25) is 0 Å². The minimum absolute atomic E-state index is 0.139. The third-order valence-corrected chi connectivity index (χ3v) is 7.94. The molecule has 0 amide bonds. The molecule has 0 spiro atoms. The Morgan fingerprint density at radius 3 is 1.54 bits per heavy atom. The van der Waals surface area contributed by atoms with Gasteiger partial charge in [0.2, 0.25) is 0 Å². The number of ether oxygens (including phenoxy) is 4. The first-order valence-corrected chi connectivity index (χ1v) is 12.2. The number of hydrogen-bond acceptors (Lipinski definition) is 4. The topological polar surface area (TPSA) is 36.9 Å². The minimum atomic E-state index is -5.77. The molecule has 0 N–H and O–H groups in total. The number of allylic oxidation sites excluding steroid dienone is 1. The van der Waals surface area contributed by atoms with Gasteiger partial charge in [0.1, 0.15) is 6.79 Å². The van der Waals surface area contributed by atoms with Gasteiger partial charge in [-0.25, -0.2) is 0 Å². The van der Waals surface area contributed by atoms with E-state index in [4.69, 9.17) is 9.47 Å². The van der Waals surface area contributed by atoms with E-state index in [2.05, 4.69) is 29.9 Å². The van der Waals surface area contributed by atoms with Gasteiger partial charge in [-0.05, 0) is 68.6 Å². The smallest absolute Gasteiger partial charge is 0.448 e. The highest BCUT2D eigenvalue weighted by atomic mass is 19.4. The van der Waals surface area contributed by atoms with E-state index in [-0.39, 0.29) is 30.1 Å². The lowest BCUT2D eigenvalue weighted by atomic mass is 9.60. The molecule has 0 atom stereocenters. The maximum Gasteiger partial charge on any atom is 0.448 e. The zero-order valence-electron chi connectivity index (χ0n) is 21.1. The van der Waals surface area contributed by atoms with Gasteiger partial charge < -0.3 is 18.9 Å². The number of alkyl halides is 9. The minimum Gasteiger partial charge on any atom is -0.486 e. The van der Waals surface area contributed by atoms with Gasteiger partial charge in [0.05, 0.1) is 18.8 Å². The second-order valence-corrected chi connectivity index (χ2v) is 10.5. The van der Waals surface area contributed by atoms with E-state index < -0.39 is 55.5 Å². The highest BCUT2D eigenvalue weighted by Gasteiger charge is 2.73. The van der Waals surface area contributed by atoms with Crippen molar-refractivity contribution in [3.05, 3.63) is 12.3 Å². The van der Waals surface area contributed by atoms with Crippen LogP contribution in [0.25, 0.3) is 0 Å². The second kappa shape index (κ2) is 11.9. The number of rotatable bonds is 10. The van der Waals surface area contributed by atoms with Crippen LogP contribution in [0.3, 0.4) is 0 Å². The van der Waals surface area contributed by atoms with Gasteiger partial charge in [-0.2, -0.15) is 39.5 Å². The molecule has 0 aromatic carbocycles. The summed E-state index contributed by atoms with van der Waals surface area (Å²) in [7, 11) is 0.917. The van der Waals surface area contributed by atoms with Gasteiger partial charge in [-0.3, -0.25) is 0 Å². The summed E-state index contributed by atoms with van der Waals surface area (Å²) >= 11 is 0. The summed E-state index contributed by atoms with van der Waals surface area (Å²) in [5, 5.41) is 0. The van der Waals surface area contributed by atoms with Crippen molar-refractivity contribution in [1.82, 2.24) is 0 Å². The van der Waals surface area contributed by atoms with Gasteiger partial charge in [-0.1, -0.05) is 20.4 Å². The molecule has 13 heteroatoms. The summed E-state index contributed by atoms with van der Waals surface area (Å²) in [4.78, 5) is 0. The molecular weight excluding hydrogens is 523 g/mol. The van der Waals surface area contributed by atoms with Crippen LogP contribution in [0.5, 0.6) is 0 Å². The molecule has 37 heavy (non-hydrogen) atoms. The summed E-state index contributed by atoms with van der Waals surface area (Å²) < 4.78 is 137. The van der Waals surface area contributed by atoms with E-state index in [1.807, 2.05) is 0 Å². The fraction of sp³-hybridized carbons (Fsp3) is 0.917. The quantitative estimate of drug-likeness (QED) is 0.156. The SMILES string of the molecule is C=C(OC1CCC(C(C)(C)C2CCC(OCC(OCOC)(C(F)(F)F)C(F)(F)F)CC2)CC1)C(F)(F)F. The Morgan fingerprint density at radius 2 is 1.16 bits per heavy atom. The maximum atomic E-state index is 13.5. The zero-order chi connectivity index (χ0) is 28.3. The van der Waals surface area contributed by atoms with Gasteiger partial charge >= 0.3 is 18.5 Å². The molecule has 2 aliphatic rings. The maximum absolute atomic E-state index is 13.5. The molecule has 4 nitrogen and oxygen atoms in total. The standard InChI is InChI=1S/C24H35F9O4/c1-15(22(25,26)27)37-19-11-7-17(8-12-19)20(2,3)16-5-9-18(10-6-16)35-13-21(23(28,29)30,24(31,32)33)36-14-34-4/h16-19H,1,5-14H2,2-4H3. The van der Waals surface area contributed by atoms with Crippen molar-refractivity contribution >= 4 is 0 Å². The van der Waals surface area contributed by atoms with Crippen molar-refractivity contribution in [3.8, 4) is 0 Å². The van der Waals surface area contributed by atoms with Crippen LogP contribution in [-0.2, 0) is 18.9 Å². The van der Waals surface area contributed by atoms with E-state index >= 15 is 0 Å². The van der Waals surface area contributed by atoms with Crippen LogP contribution in [-0.4, -0.2) is 56.8 Å². The molecule has 0 radical (unpaired) electrons. The molecule has 0 unspecified atom stereocenters. The Labute approximate surface area is 210 Å². The molecule has 0 heterocycles.